The van der Waals surface area contributed by atoms with Crippen molar-refractivity contribution in [2.45, 2.75) is 58.8 Å². The maximum Gasteiger partial charge on any atom is 0.137 e. The third-order valence-corrected chi connectivity index (χ3v) is 4.47. The first kappa shape index (κ1) is 15.2. The van der Waals surface area contributed by atoms with Crippen molar-refractivity contribution in [3.05, 3.63) is 34.9 Å². The van der Waals surface area contributed by atoms with Crippen molar-refractivity contribution >= 4 is 5.78 Å². The Hall–Kier alpha value is -1.15. The quantitative estimate of drug-likeness (QED) is 0.827. The first-order valence-corrected chi connectivity index (χ1v) is 7.83. The molecule has 0 amide bonds. The SMILES string of the molecule is CC(C)(CCN)CCC(=O)Cc1ccc2c(c1)CCC2. The number of Topliss-reactive ketones (excluding diaryl/α,β-unsaturated/α-hetero) is 1. The van der Waals surface area contributed by atoms with Crippen LogP contribution >= 0.6 is 0 Å². The fourth-order valence-electron chi connectivity index (χ4n) is 3.04. The topological polar surface area (TPSA) is 43.1 Å². The van der Waals surface area contributed by atoms with Crippen molar-refractivity contribution in [3.8, 4) is 0 Å². The predicted molar refractivity (Wildman–Crippen MR) is 83.9 cm³/mol. The molecule has 0 aliphatic heterocycles. The van der Waals surface area contributed by atoms with E-state index >= 15 is 0 Å². The van der Waals surface area contributed by atoms with Gasteiger partial charge in [-0.1, -0.05) is 32.0 Å². The van der Waals surface area contributed by atoms with Crippen LogP contribution in [0.15, 0.2) is 18.2 Å². The van der Waals surface area contributed by atoms with Gasteiger partial charge in [0.05, 0.1) is 0 Å². The van der Waals surface area contributed by atoms with Crippen molar-refractivity contribution in [2.24, 2.45) is 11.1 Å². The highest BCUT2D eigenvalue weighted by atomic mass is 16.1. The molecule has 2 heteroatoms. The first-order valence-electron chi connectivity index (χ1n) is 7.83. The average molecular weight is 273 g/mol. The molecule has 1 aromatic carbocycles. The summed E-state index contributed by atoms with van der Waals surface area (Å²) in [6, 6.07) is 6.58. The Kier molecular flexibility index (Phi) is 4.98. The number of carbonyl (C=O) groups excluding carboxylic acids is 1. The van der Waals surface area contributed by atoms with E-state index in [4.69, 9.17) is 5.73 Å². The minimum atomic E-state index is 0.183. The van der Waals surface area contributed by atoms with Crippen LogP contribution in [0, 0.1) is 5.41 Å². The number of nitrogens with two attached hydrogens (primary N) is 1. The van der Waals surface area contributed by atoms with E-state index in [9.17, 15) is 4.79 Å². The molecule has 0 saturated carbocycles. The highest BCUT2D eigenvalue weighted by Crippen LogP contribution is 2.27. The summed E-state index contributed by atoms with van der Waals surface area (Å²) in [7, 11) is 0. The summed E-state index contributed by atoms with van der Waals surface area (Å²) in [5.41, 5.74) is 9.92. The molecule has 0 bridgehead atoms. The van der Waals surface area contributed by atoms with Gasteiger partial charge in [0, 0.05) is 12.8 Å². The van der Waals surface area contributed by atoms with Gasteiger partial charge in [0.2, 0.25) is 0 Å². The van der Waals surface area contributed by atoms with E-state index < -0.39 is 0 Å². The maximum atomic E-state index is 12.1. The molecule has 0 spiro atoms. The Balaban J connectivity index is 1.85. The zero-order valence-electron chi connectivity index (χ0n) is 12.9. The van der Waals surface area contributed by atoms with Crippen LogP contribution in [0.25, 0.3) is 0 Å². The van der Waals surface area contributed by atoms with Gasteiger partial charge in [-0.05, 0) is 60.8 Å². The second kappa shape index (κ2) is 6.53. The van der Waals surface area contributed by atoms with E-state index in [1.807, 2.05) is 0 Å². The smallest absolute Gasteiger partial charge is 0.137 e. The number of benzene rings is 1. The average Bonchev–Trinajstić information content (AvgIpc) is 2.84. The number of carbonyl (C=O) groups is 1. The first-order chi connectivity index (χ1) is 9.50. The van der Waals surface area contributed by atoms with Gasteiger partial charge in [0.1, 0.15) is 5.78 Å². The summed E-state index contributed by atoms with van der Waals surface area (Å²) >= 11 is 0. The van der Waals surface area contributed by atoms with E-state index in [0.717, 1.165) is 12.8 Å². The molecule has 2 rings (SSSR count). The Bertz CT molecular complexity index is 476. The van der Waals surface area contributed by atoms with E-state index in [1.54, 1.807) is 0 Å². The molecule has 1 aliphatic carbocycles. The lowest BCUT2D eigenvalue weighted by atomic mass is 9.83. The second-order valence-corrected chi connectivity index (χ2v) is 6.87. The Morgan fingerprint density at radius 1 is 1.20 bits per heavy atom. The molecule has 2 N–H and O–H groups in total. The van der Waals surface area contributed by atoms with Gasteiger partial charge in [-0.15, -0.1) is 0 Å². The minimum Gasteiger partial charge on any atom is -0.330 e. The lowest BCUT2D eigenvalue weighted by Gasteiger charge is -2.23. The summed E-state index contributed by atoms with van der Waals surface area (Å²) in [4.78, 5) is 12.1. The number of rotatable bonds is 7. The number of hydrogen-bond acceptors (Lipinski definition) is 2. The molecule has 0 aromatic heterocycles. The van der Waals surface area contributed by atoms with Crippen LogP contribution < -0.4 is 5.73 Å². The maximum absolute atomic E-state index is 12.1. The highest BCUT2D eigenvalue weighted by molar-refractivity contribution is 5.81. The lowest BCUT2D eigenvalue weighted by molar-refractivity contribution is -0.119. The minimum absolute atomic E-state index is 0.183. The van der Waals surface area contributed by atoms with Crippen LogP contribution in [-0.2, 0) is 24.1 Å². The fourth-order valence-corrected chi connectivity index (χ4v) is 3.04. The van der Waals surface area contributed by atoms with E-state index in [-0.39, 0.29) is 5.41 Å². The third-order valence-electron chi connectivity index (χ3n) is 4.47. The lowest BCUT2D eigenvalue weighted by Crippen LogP contribution is -2.18. The third kappa shape index (κ3) is 4.17. The molecule has 110 valence electrons. The van der Waals surface area contributed by atoms with Crippen LogP contribution in [0.4, 0.5) is 0 Å². The number of ketones is 1. The standard InChI is InChI=1S/C18H27NO/c1-18(2,10-11-19)9-8-17(20)13-14-6-7-15-4-3-5-16(15)12-14/h6-7,12H,3-5,8-11,13,19H2,1-2H3. The molecule has 2 nitrogen and oxygen atoms in total. The zero-order valence-corrected chi connectivity index (χ0v) is 12.9. The molecule has 0 heterocycles. The van der Waals surface area contributed by atoms with Crippen LogP contribution in [-0.4, -0.2) is 12.3 Å². The summed E-state index contributed by atoms with van der Waals surface area (Å²) in [5, 5.41) is 0. The number of aryl methyl sites for hydroxylation is 2. The van der Waals surface area contributed by atoms with Crippen molar-refractivity contribution in [1.82, 2.24) is 0 Å². The monoisotopic (exact) mass is 273 g/mol. The van der Waals surface area contributed by atoms with Crippen molar-refractivity contribution in [3.63, 3.8) is 0 Å². The van der Waals surface area contributed by atoms with Gasteiger partial charge in [-0.3, -0.25) is 4.79 Å². The number of fused-ring (bicyclic) bond motifs is 1. The van der Waals surface area contributed by atoms with E-state index in [0.29, 0.717) is 25.2 Å². The van der Waals surface area contributed by atoms with E-state index in [1.165, 1.54) is 36.0 Å². The van der Waals surface area contributed by atoms with Crippen LogP contribution in [0.1, 0.15) is 56.2 Å². The number of hydrogen-bond donors (Lipinski definition) is 1. The normalized spacial score (nSPS) is 14.3. The zero-order chi connectivity index (χ0) is 14.6. The van der Waals surface area contributed by atoms with Gasteiger partial charge in [0.15, 0.2) is 0 Å². The largest absolute Gasteiger partial charge is 0.330 e. The van der Waals surface area contributed by atoms with Crippen molar-refractivity contribution in [2.75, 3.05) is 6.54 Å². The second-order valence-electron chi connectivity index (χ2n) is 6.87. The Morgan fingerprint density at radius 3 is 2.70 bits per heavy atom. The van der Waals surface area contributed by atoms with Crippen LogP contribution in [0.2, 0.25) is 0 Å². The molecular formula is C18H27NO. The Labute approximate surface area is 122 Å². The summed E-state index contributed by atoms with van der Waals surface area (Å²) in [6.07, 6.45) is 6.83. The van der Waals surface area contributed by atoms with Crippen molar-refractivity contribution in [1.29, 1.82) is 0 Å². The molecule has 1 aromatic rings. The van der Waals surface area contributed by atoms with Crippen LogP contribution in [0.3, 0.4) is 0 Å². The predicted octanol–water partition coefficient (Wildman–Crippen LogP) is 3.44. The molecule has 0 saturated heterocycles. The van der Waals surface area contributed by atoms with Crippen LogP contribution in [0.5, 0.6) is 0 Å². The molecular weight excluding hydrogens is 246 g/mol. The highest BCUT2D eigenvalue weighted by Gasteiger charge is 2.18. The fraction of sp³-hybridized carbons (Fsp3) is 0.611. The van der Waals surface area contributed by atoms with E-state index in [2.05, 4.69) is 32.0 Å². The summed E-state index contributed by atoms with van der Waals surface area (Å²) in [5.74, 6) is 0.355. The summed E-state index contributed by atoms with van der Waals surface area (Å²) in [6.45, 7) is 5.09. The van der Waals surface area contributed by atoms with Gasteiger partial charge in [-0.25, -0.2) is 0 Å². The molecule has 0 radical (unpaired) electrons. The van der Waals surface area contributed by atoms with Gasteiger partial charge in [0.25, 0.3) is 0 Å². The molecule has 20 heavy (non-hydrogen) atoms. The molecule has 0 fully saturated rings. The van der Waals surface area contributed by atoms with Gasteiger partial charge >= 0.3 is 0 Å². The van der Waals surface area contributed by atoms with Crippen molar-refractivity contribution < 1.29 is 4.79 Å². The molecule has 1 aliphatic rings. The molecule has 0 unspecified atom stereocenters. The van der Waals surface area contributed by atoms with Gasteiger partial charge in [-0.2, -0.15) is 0 Å². The molecule has 0 atom stereocenters. The Morgan fingerprint density at radius 2 is 1.95 bits per heavy atom. The summed E-state index contributed by atoms with van der Waals surface area (Å²) < 4.78 is 0. The van der Waals surface area contributed by atoms with Gasteiger partial charge < -0.3 is 5.73 Å².